The van der Waals surface area contributed by atoms with Crippen LogP contribution in [-0.4, -0.2) is 8.42 Å². The lowest BCUT2D eigenvalue weighted by Crippen LogP contribution is -2.05. The summed E-state index contributed by atoms with van der Waals surface area (Å²) < 4.78 is 38.9. The molecule has 2 rings (SSSR count). The molecule has 3 nitrogen and oxygen atoms in total. The molecule has 0 radical (unpaired) electrons. The van der Waals surface area contributed by atoms with E-state index in [2.05, 4.69) is 15.9 Å². The van der Waals surface area contributed by atoms with Crippen LogP contribution in [0.5, 0.6) is 0 Å². The van der Waals surface area contributed by atoms with E-state index in [1.54, 1.807) is 18.2 Å². The van der Waals surface area contributed by atoms with Crippen molar-refractivity contribution in [3.8, 4) is 6.07 Å². The molecule has 0 fully saturated rings. The summed E-state index contributed by atoms with van der Waals surface area (Å²) in [7, 11) is -3.90. The van der Waals surface area contributed by atoms with Gasteiger partial charge in [-0.2, -0.15) is 5.26 Å². The summed E-state index contributed by atoms with van der Waals surface area (Å²) in [6.07, 6.45) is 0. The zero-order valence-electron chi connectivity index (χ0n) is 9.47. The van der Waals surface area contributed by atoms with Crippen LogP contribution >= 0.6 is 15.9 Å². The molecule has 96 valence electrons. The third kappa shape index (κ3) is 2.53. The van der Waals surface area contributed by atoms with Gasteiger partial charge in [-0.25, -0.2) is 12.8 Å². The lowest BCUT2D eigenvalue weighted by Gasteiger charge is -2.07. The summed E-state index contributed by atoms with van der Waals surface area (Å²) in [5, 5.41) is 8.89. The van der Waals surface area contributed by atoms with Crippen molar-refractivity contribution in [1.29, 1.82) is 5.26 Å². The molecule has 0 N–H and O–H groups in total. The molecule has 0 saturated heterocycles. The van der Waals surface area contributed by atoms with E-state index in [9.17, 15) is 12.8 Å². The number of nitrogens with zero attached hydrogens (tertiary/aromatic N) is 1. The van der Waals surface area contributed by atoms with Gasteiger partial charge in [-0.3, -0.25) is 0 Å². The van der Waals surface area contributed by atoms with Crippen molar-refractivity contribution in [1.82, 2.24) is 0 Å². The number of halogens is 2. The fourth-order valence-electron chi connectivity index (χ4n) is 1.58. The van der Waals surface area contributed by atoms with E-state index in [1.807, 2.05) is 0 Å². The number of sulfone groups is 1. The number of rotatable bonds is 2. The molecule has 19 heavy (non-hydrogen) atoms. The highest BCUT2D eigenvalue weighted by Gasteiger charge is 2.23. The highest BCUT2D eigenvalue weighted by atomic mass is 79.9. The van der Waals surface area contributed by atoms with E-state index in [-0.39, 0.29) is 9.79 Å². The maximum absolute atomic E-state index is 13.5. The van der Waals surface area contributed by atoms with Crippen LogP contribution in [0.3, 0.4) is 0 Å². The first-order chi connectivity index (χ1) is 8.96. The molecule has 0 atom stereocenters. The average molecular weight is 340 g/mol. The van der Waals surface area contributed by atoms with Gasteiger partial charge in [0, 0.05) is 4.47 Å². The highest BCUT2D eigenvalue weighted by molar-refractivity contribution is 9.10. The Bertz CT molecular complexity index is 764. The largest absolute Gasteiger partial charge is 0.218 e. The first kappa shape index (κ1) is 13.7. The number of hydrogen-bond acceptors (Lipinski definition) is 3. The number of nitriles is 1. The molecule has 0 unspecified atom stereocenters. The number of hydrogen-bond donors (Lipinski definition) is 0. The molecule has 0 bridgehead atoms. The van der Waals surface area contributed by atoms with Gasteiger partial charge in [-0.05, 0) is 36.4 Å². The second-order valence-corrected chi connectivity index (χ2v) is 6.52. The summed E-state index contributed by atoms with van der Waals surface area (Å²) in [4.78, 5) is -0.310. The summed E-state index contributed by atoms with van der Waals surface area (Å²) in [5.41, 5.74) is -0.467. The first-order valence-electron chi connectivity index (χ1n) is 5.16. The molecule has 0 aromatic heterocycles. The van der Waals surface area contributed by atoms with Crippen molar-refractivity contribution in [2.24, 2.45) is 0 Å². The first-order valence-corrected chi connectivity index (χ1v) is 7.43. The molecule has 0 heterocycles. The van der Waals surface area contributed by atoms with Crippen molar-refractivity contribution >= 4 is 25.8 Å². The predicted octanol–water partition coefficient (Wildman–Crippen LogP) is 3.29. The Balaban J connectivity index is 2.68. The monoisotopic (exact) mass is 339 g/mol. The van der Waals surface area contributed by atoms with Gasteiger partial charge in [0.25, 0.3) is 0 Å². The van der Waals surface area contributed by atoms with Gasteiger partial charge in [-0.1, -0.05) is 22.0 Å². The zero-order chi connectivity index (χ0) is 14.0. The molecule has 0 spiro atoms. The Labute approximate surface area is 118 Å². The molecule has 0 saturated carbocycles. The van der Waals surface area contributed by atoms with Crippen molar-refractivity contribution in [3.63, 3.8) is 0 Å². The molecule has 2 aromatic rings. The lowest BCUT2D eigenvalue weighted by atomic mass is 10.2. The SMILES string of the molecule is N#Cc1c(F)cccc1S(=O)(=O)c1ccc(Br)cc1. The minimum absolute atomic E-state index is 0.0119. The Morgan fingerprint density at radius 1 is 1.11 bits per heavy atom. The third-order valence-electron chi connectivity index (χ3n) is 2.50. The lowest BCUT2D eigenvalue weighted by molar-refractivity contribution is 0.589. The molecular weight excluding hydrogens is 333 g/mol. The van der Waals surface area contributed by atoms with E-state index in [1.165, 1.54) is 24.3 Å². The van der Waals surface area contributed by atoms with Gasteiger partial charge in [0.05, 0.1) is 9.79 Å². The van der Waals surface area contributed by atoms with Gasteiger partial charge >= 0.3 is 0 Å². The maximum Gasteiger partial charge on any atom is 0.208 e. The Hall–Kier alpha value is -1.71. The van der Waals surface area contributed by atoms with Gasteiger partial charge < -0.3 is 0 Å². The van der Waals surface area contributed by atoms with Crippen LogP contribution in [-0.2, 0) is 9.84 Å². The van der Waals surface area contributed by atoms with Crippen LogP contribution in [0.25, 0.3) is 0 Å². The summed E-state index contributed by atoms with van der Waals surface area (Å²) in [5.74, 6) is -0.847. The van der Waals surface area contributed by atoms with Crippen LogP contribution in [0.2, 0.25) is 0 Å². The van der Waals surface area contributed by atoms with Crippen LogP contribution in [0, 0.1) is 17.1 Å². The topological polar surface area (TPSA) is 57.9 Å². The Morgan fingerprint density at radius 2 is 1.74 bits per heavy atom. The standard InChI is InChI=1S/C13H7BrFNO2S/c14-9-4-6-10(7-5-9)19(17,18)13-3-1-2-12(15)11(13)8-16/h1-7H. The molecule has 0 aliphatic carbocycles. The third-order valence-corrected chi connectivity index (χ3v) is 4.84. The molecule has 0 aliphatic rings. The quantitative estimate of drug-likeness (QED) is 0.843. The van der Waals surface area contributed by atoms with E-state index in [4.69, 9.17) is 5.26 Å². The van der Waals surface area contributed by atoms with Gasteiger partial charge in [0.15, 0.2) is 0 Å². The van der Waals surface area contributed by atoms with Gasteiger partial charge in [-0.15, -0.1) is 0 Å². The summed E-state index contributed by atoms with van der Waals surface area (Å²) in [6, 6.07) is 11.1. The van der Waals surface area contributed by atoms with Crippen LogP contribution in [0.15, 0.2) is 56.7 Å². The van der Waals surface area contributed by atoms with Crippen LogP contribution < -0.4 is 0 Å². The molecular formula is C13H7BrFNO2S. The van der Waals surface area contributed by atoms with Gasteiger partial charge in [0.2, 0.25) is 9.84 Å². The molecule has 6 heteroatoms. The van der Waals surface area contributed by atoms with E-state index in [0.29, 0.717) is 0 Å². The van der Waals surface area contributed by atoms with E-state index >= 15 is 0 Å². The Morgan fingerprint density at radius 3 is 2.32 bits per heavy atom. The van der Waals surface area contributed by atoms with E-state index < -0.39 is 21.2 Å². The van der Waals surface area contributed by atoms with Crippen molar-refractivity contribution < 1.29 is 12.8 Å². The summed E-state index contributed by atoms with van der Waals surface area (Å²) >= 11 is 3.20. The normalized spacial score (nSPS) is 11.0. The van der Waals surface area contributed by atoms with E-state index in [0.717, 1.165) is 10.5 Å². The Kier molecular flexibility index (Phi) is 3.69. The highest BCUT2D eigenvalue weighted by Crippen LogP contribution is 2.26. The second-order valence-electron chi connectivity index (χ2n) is 3.68. The van der Waals surface area contributed by atoms with Crippen molar-refractivity contribution in [2.75, 3.05) is 0 Å². The number of benzene rings is 2. The zero-order valence-corrected chi connectivity index (χ0v) is 11.9. The fourth-order valence-corrected chi connectivity index (χ4v) is 3.26. The maximum atomic E-state index is 13.5. The smallest absolute Gasteiger partial charge is 0.208 e. The van der Waals surface area contributed by atoms with Gasteiger partial charge in [0.1, 0.15) is 17.4 Å². The van der Waals surface area contributed by atoms with Crippen LogP contribution in [0.1, 0.15) is 5.56 Å². The molecule has 2 aromatic carbocycles. The second kappa shape index (κ2) is 5.11. The summed E-state index contributed by atoms with van der Waals surface area (Å²) in [6.45, 7) is 0. The van der Waals surface area contributed by atoms with Crippen LogP contribution in [0.4, 0.5) is 4.39 Å². The minimum Gasteiger partial charge on any atom is -0.218 e. The van der Waals surface area contributed by atoms with Crippen molar-refractivity contribution in [3.05, 3.63) is 58.3 Å². The van der Waals surface area contributed by atoms with Crippen molar-refractivity contribution in [2.45, 2.75) is 9.79 Å². The molecule has 0 amide bonds. The predicted molar refractivity (Wildman–Crippen MR) is 70.7 cm³/mol. The minimum atomic E-state index is -3.90. The average Bonchev–Trinajstić information content (AvgIpc) is 2.39. The fraction of sp³-hybridized carbons (Fsp3) is 0. The molecule has 0 aliphatic heterocycles.